The maximum absolute atomic E-state index is 11.9. The lowest BCUT2D eigenvalue weighted by atomic mass is 10.4. The Morgan fingerprint density at radius 3 is 2.60 bits per heavy atom. The Kier molecular flexibility index (Phi) is 3.01. The number of ether oxygens (including phenoxy) is 1. The Labute approximate surface area is 83.7 Å². The quantitative estimate of drug-likeness (QED) is 0.718. The summed E-state index contributed by atoms with van der Waals surface area (Å²) in [5.41, 5.74) is 0. The van der Waals surface area contributed by atoms with Crippen molar-refractivity contribution in [3.63, 3.8) is 0 Å². The number of carbonyl (C=O) groups is 1. The molecule has 0 unspecified atom stereocenters. The summed E-state index contributed by atoms with van der Waals surface area (Å²) in [6, 6.07) is -0.490. The molecule has 0 radical (unpaired) electrons. The fourth-order valence-electron chi connectivity index (χ4n) is 0.912. The Morgan fingerprint density at radius 1 is 1.53 bits per heavy atom. The van der Waals surface area contributed by atoms with Crippen LogP contribution in [-0.2, 0) is 4.79 Å². The zero-order valence-electron chi connectivity index (χ0n) is 8.08. The fourth-order valence-corrected chi connectivity index (χ4v) is 0.912. The highest BCUT2D eigenvalue weighted by Gasteiger charge is 2.42. The van der Waals surface area contributed by atoms with Crippen molar-refractivity contribution in [1.82, 2.24) is 9.55 Å². The van der Waals surface area contributed by atoms with Gasteiger partial charge in [-0.15, -0.1) is 0 Å². The van der Waals surface area contributed by atoms with Gasteiger partial charge in [-0.2, -0.15) is 13.2 Å². The number of nitrogens with zero attached hydrogens (tertiary/aromatic N) is 2. The van der Waals surface area contributed by atoms with Crippen molar-refractivity contribution in [3.8, 4) is 6.01 Å². The summed E-state index contributed by atoms with van der Waals surface area (Å²) in [6.07, 6.45) is -2.31. The van der Waals surface area contributed by atoms with Crippen molar-refractivity contribution in [3.05, 3.63) is 12.4 Å². The molecular weight excluding hydrogens is 213 g/mol. The molecule has 0 saturated carbocycles. The third-order valence-corrected chi connectivity index (χ3v) is 1.60. The number of hydrogen-bond acceptors (Lipinski definition) is 3. The van der Waals surface area contributed by atoms with Crippen molar-refractivity contribution in [2.24, 2.45) is 0 Å². The molecule has 0 bridgehead atoms. The van der Waals surface area contributed by atoms with Crippen LogP contribution in [0.4, 0.5) is 13.2 Å². The van der Waals surface area contributed by atoms with Crippen molar-refractivity contribution >= 4 is 5.97 Å². The molecule has 7 heteroatoms. The standard InChI is InChI=1S/C8H9F3N2O2/c1-5(2)13-4-3-12-7(13)15-6(14)8(9,10)11/h3-5H,1-2H3. The molecule has 15 heavy (non-hydrogen) atoms. The average Bonchev–Trinajstić information content (AvgIpc) is 2.50. The largest absolute Gasteiger partial charge is 0.491 e. The Bertz CT molecular complexity index is 357. The minimum Gasteiger partial charge on any atom is -0.385 e. The highest BCUT2D eigenvalue weighted by Crippen LogP contribution is 2.20. The summed E-state index contributed by atoms with van der Waals surface area (Å²) < 4.78 is 41.0. The van der Waals surface area contributed by atoms with Crippen molar-refractivity contribution in [2.45, 2.75) is 26.1 Å². The van der Waals surface area contributed by atoms with Gasteiger partial charge in [-0.1, -0.05) is 0 Å². The van der Waals surface area contributed by atoms with Crippen LogP contribution in [0.2, 0.25) is 0 Å². The van der Waals surface area contributed by atoms with Crippen LogP contribution in [0, 0.1) is 0 Å². The first-order valence-electron chi connectivity index (χ1n) is 4.14. The molecule has 0 amide bonds. The van der Waals surface area contributed by atoms with Gasteiger partial charge in [0.1, 0.15) is 0 Å². The van der Waals surface area contributed by atoms with E-state index >= 15 is 0 Å². The molecule has 0 saturated heterocycles. The molecule has 0 aliphatic carbocycles. The normalized spacial score (nSPS) is 11.9. The van der Waals surface area contributed by atoms with Gasteiger partial charge < -0.3 is 4.74 Å². The summed E-state index contributed by atoms with van der Waals surface area (Å²) in [4.78, 5) is 14.0. The first-order chi connectivity index (χ1) is 6.82. The van der Waals surface area contributed by atoms with E-state index in [-0.39, 0.29) is 12.1 Å². The smallest absolute Gasteiger partial charge is 0.385 e. The Hall–Kier alpha value is -1.53. The molecule has 0 aliphatic rings. The average molecular weight is 222 g/mol. The molecule has 1 rings (SSSR count). The molecule has 0 spiro atoms. The van der Waals surface area contributed by atoms with Crippen LogP contribution in [0.5, 0.6) is 6.01 Å². The van der Waals surface area contributed by atoms with Gasteiger partial charge in [0.2, 0.25) is 0 Å². The first kappa shape index (κ1) is 11.5. The first-order valence-corrected chi connectivity index (χ1v) is 4.14. The van der Waals surface area contributed by atoms with Gasteiger partial charge in [0.25, 0.3) is 0 Å². The van der Waals surface area contributed by atoms with E-state index in [1.165, 1.54) is 17.0 Å². The molecule has 0 fully saturated rings. The third kappa shape index (κ3) is 2.71. The lowest BCUT2D eigenvalue weighted by Crippen LogP contribution is -2.29. The summed E-state index contributed by atoms with van der Waals surface area (Å²) in [5, 5.41) is 0. The zero-order valence-corrected chi connectivity index (χ0v) is 8.08. The van der Waals surface area contributed by atoms with Crippen LogP contribution in [0.25, 0.3) is 0 Å². The van der Waals surface area contributed by atoms with Gasteiger partial charge in [-0.05, 0) is 13.8 Å². The molecule has 4 nitrogen and oxygen atoms in total. The summed E-state index contributed by atoms with van der Waals surface area (Å²) >= 11 is 0. The molecule has 1 heterocycles. The van der Waals surface area contributed by atoms with Crippen LogP contribution in [0.15, 0.2) is 12.4 Å². The molecule has 84 valence electrons. The monoisotopic (exact) mass is 222 g/mol. The van der Waals surface area contributed by atoms with Gasteiger partial charge in [0.15, 0.2) is 0 Å². The number of imidazole rings is 1. The molecule has 0 aliphatic heterocycles. The van der Waals surface area contributed by atoms with E-state index in [1.807, 2.05) is 0 Å². The van der Waals surface area contributed by atoms with E-state index in [0.717, 1.165) is 0 Å². The fraction of sp³-hybridized carbons (Fsp3) is 0.500. The number of rotatable bonds is 2. The minimum absolute atomic E-state index is 0.136. The van der Waals surface area contributed by atoms with Crippen LogP contribution >= 0.6 is 0 Å². The lowest BCUT2D eigenvalue weighted by molar-refractivity contribution is -0.190. The minimum atomic E-state index is -5.01. The molecule has 0 N–H and O–H groups in total. The van der Waals surface area contributed by atoms with E-state index in [4.69, 9.17) is 0 Å². The molecule has 0 atom stereocenters. The third-order valence-electron chi connectivity index (χ3n) is 1.60. The second-order valence-corrected chi connectivity index (χ2v) is 3.10. The van der Waals surface area contributed by atoms with Crippen molar-refractivity contribution in [1.29, 1.82) is 0 Å². The molecular formula is C8H9F3N2O2. The Morgan fingerprint density at radius 2 is 2.13 bits per heavy atom. The predicted octanol–water partition coefficient (Wildman–Crippen LogP) is 1.93. The topological polar surface area (TPSA) is 44.1 Å². The highest BCUT2D eigenvalue weighted by atomic mass is 19.4. The number of halogens is 3. The summed E-state index contributed by atoms with van der Waals surface area (Å²) in [6.45, 7) is 3.46. The second kappa shape index (κ2) is 3.92. The Balaban J connectivity index is 2.82. The number of esters is 1. The van der Waals surface area contributed by atoms with E-state index in [9.17, 15) is 18.0 Å². The van der Waals surface area contributed by atoms with Gasteiger partial charge in [0, 0.05) is 18.4 Å². The maximum Gasteiger partial charge on any atom is 0.491 e. The van der Waals surface area contributed by atoms with Crippen LogP contribution < -0.4 is 4.74 Å². The van der Waals surface area contributed by atoms with Crippen LogP contribution in [0.1, 0.15) is 19.9 Å². The molecule has 1 aromatic rings. The zero-order chi connectivity index (χ0) is 11.6. The van der Waals surface area contributed by atoms with Gasteiger partial charge >= 0.3 is 18.2 Å². The molecule has 1 aromatic heterocycles. The number of alkyl halides is 3. The molecule has 0 aromatic carbocycles. The van der Waals surface area contributed by atoms with Crippen LogP contribution in [0.3, 0.4) is 0 Å². The number of hydrogen-bond donors (Lipinski definition) is 0. The summed E-state index contributed by atoms with van der Waals surface area (Å²) in [7, 11) is 0. The van der Waals surface area contributed by atoms with Gasteiger partial charge in [-0.3, -0.25) is 4.57 Å². The summed E-state index contributed by atoms with van der Waals surface area (Å²) in [5.74, 6) is -2.27. The van der Waals surface area contributed by atoms with E-state index < -0.39 is 12.1 Å². The van der Waals surface area contributed by atoms with E-state index in [1.54, 1.807) is 13.8 Å². The van der Waals surface area contributed by atoms with E-state index in [0.29, 0.717) is 0 Å². The number of aromatic nitrogens is 2. The number of carbonyl (C=O) groups excluding carboxylic acids is 1. The van der Waals surface area contributed by atoms with Crippen molar-refractivity contribution < 1.29 is 22.7 Å². The van der Waals surface area contributed by atoms with E-state index in [2.05, 4.69) is 9.72 Å². The maximum atomic E-state index is 11.9. The highest BCUT2D eigenvalue weighted by molar-refractivity contribution is 5.77. The lowest BCUT2D eigenvalue weighted by Gasteiger charge is -2.11. The van der Waals surface area contributed by atoms with Gasteiger partial charge in [0.05, 0.1) is 0 Å². The van der Waals surface area contributed by atoms with Crippen molar-refractivity contribution in [2.75, 3.05) is 0 Å². The second-order valence-electron chi connectivity index (χ2n) is 3.10. The SMILES string of the molecule is CC(C)n1ccnc1OC(=O)C(F)(F)F. The van der Waals surface area contributed by atoms with Gasteiger partial charge in [-0.25, -0.2) is 9.78 Å². The van der Waals surface area contributed by atoms with Crippen LogP contribution in [-0.4, -0.2) is 21.7 Å². The predicted molar refractivity (Wildman–Crippen MR) is 44.3 cm³/mol.